The van der Waals surface area contributed by atoms with E-state index >= 15 is 0 Å². The van der Waals surface area contributed by atoms with E-state index in [-0.39, 0.29) is 31.1 Å². The van der Waals surface area contributed by atoms with Gasteiger partial charge in [-0.25, -0.2) is 12.8 Å². The smallest absolute Gasteiger partial charge is 0.237 e. The maximum atomic E-state index is 13.1. The molecular weight excluding hydrogens is 371 g/mol. The Balaban J connectivity index is 1.78. The zero-order valence-electron chi connectivity index (χ0n) is 15.0. The maximum absolute atomic E-state index is 13.1. The number of halogens is 1. The second-order valence-electron chi connectivity index (χ2n) is 6.31. The van der Waals surface area contributed by atoms with Crippen molar-refractivity contribution in [2.24, 2.45) is 5.73 Å². The Kier molecular flexibility index (Phi) is 7.32. The summed E-state index contributed by atoms with van der Waals surface area (Å²) >= 11 is 0. The van der Waals surface area contributed by atoms with E-state index in [4.69, 9.17) is 10.5 Å². The van der Waals surface area contributed by atoms with Crippen LogP contribution in [0, 0.1) is 5.82 Å². The molecule has 2 aromatic carbocycles. The molecule has 0 radical (unpaired) electrons. The van der Waals surface area contributed by atoms with Gasteiger partial charge in [-0.15, -0.1) is 0 Å². The van der Waals surface area contributed by atoms with Crippen molar-refractivity contribution in [1.82, 2.24) is 5.32 Å². The second-order valence-corrected chi connectivity index (χ2v) is 8.57. The third-order valence-corrected chi connectivity index (χ3v) is 4.80. The molecule has 0 bridgehead atoms. The van der Waals surface area contributed by atoms with Crippen LogP contribution in [0.4, 0.5) is 4.39 Å². The summed E-state index contributed by atoms with van der Waals surface area (Å²) in [7, 11) is -3.15. The zero-order chi connectivity index (χ0) is 19.9. The van der Waals surface area contributed by atoms with E-state index in [1.54, 1.807) is 36.4 Å². The van der Waals surface area contributed by atoms with Crippen LogP contribution in [0.25, 0.3) is 0 Å². The third kappa shape index (κ3) is 7.76. The van der Waals surface area contributed by atoms with Gasteiger partial charge in [-0.2, -0.15) is 0 Å². The first-order valence-corrected chi connectivity index (χ1v) is 10.5. The summed E-state index contributed by atoms with van der Waals surface area (Å²) in [6, 6.07) is 12.4. The molecule has 0 aliphatic heterocycles. The van der Waals surface area contributed by atoms with E-state index < -0.39 is 21.8 Å². The number of hydrogen-bond donors (Lipinski definition) is 2. The molecule has 0 saturated heterocycles. The van der Waals surface area contributed by atoms with Gasteiger partial charge in [0.05, 0.1) is 11.8 Å². The molecular formula is C19H23FN2O4S. The number of nitrogens with one attached hydrogen (secondary N) is 1. The van der Waals surface area contributed by atoms with Crippen molar-refractivity contribution >= 4 is 15.7 Å². The van der Waals surface area contributed by atoms with Crippen LogP contribution in [0.1, 0.15) is 17.5 Å². The Labute approximate surface area is 158 Å². The molecule has 0 spiro atoms. The Morgan fingerprint density at radius 2 is 1.89 bits per heavy atom. The minimum atomic E-state index is -3.15. The molecule has 1 amide bonds. The molecule has 1 atom stereocenters. The van der Waals surface area contributed by atoms with Crippen LogP contribution in [0.15, 0.2) is 48.5 Å². The van der Waals surface area contributed by atoms with Crippen molar-refractivity contribution in [3.63, 3.8) is 0 Å². The topological polar surface area (TPSA) is 98.5 Å². The summed E-state index contributed by atoms with van der Waals surface area (Å²) in [4.78, 5) is 11.9. The van der Waals surface area contributed by atoms with Crippen LogP contribution in [0.2, 0.25) is 0 Å². The standard InChI is InChI=1S/C19H23FN2O4S/c1-27(24,25)10-9-18(21)19(23)22-12-14-5-7-17(8-6-14)26-13-15-3-2-4-16(20)11-15/h2-8,11,18H,9-10,12-13,21H2,1H3,(H,22,23). The molecule has 1 unspecified atom stereocenters. The average molecular weight is 394 g/mol. The molecule has 3 N–H and O–H groups in total. The van der Waals surface area contributed by atoms with E-state index in [1.165, 1.54) is 12.1 Å². The largest absolute Gasteiger partial charge is 0.489 e. The van der Waals surface area contributed by atoms with Gasteiger partial charge in [-0.05, 0) is 41.8 Å². The van der Waals surface area contributed by atoms with Gasteiger partial charge in [-0.3, -0.25) is 4.79 Å². The highest BCUT2D eigenvalue weighted by Gasteiger charge is 2.15. The number of carbonyl (C=O) groups is 1. The third-order valence-electron chi connectivity index (χ3n) is 3.82. The highest BCUT2D eigenvalue weighted by Crippen LogP contribution is 2.15. The first-order valence-electron chi connectivity index (χ1n) is 8.40. The molecule has 2 rings (SSSR count). The lowest BCUT2D eigenvalue weighted by Crippen LogP contribution is -2.41. The molecule has 8 heteroatoms. The summed E-state index contributed by atoms with van der Waals surface area (Å²) in [6.07, 6.45) is 1.19. The lowest BCUT2D eigenvalue weighted by atomic mass is 10.2. The Morgan fingerprint density at radius 1 is 1.19 bits per heavy atom. The average Bonchev–Trinajstić information content (AvgIpc) is 2.62. The summed E-state index contributed by atoms with van der Waals surface area (Å²) in [5.74, 6) is -0.208. The highest BCUT2D eigenvalue weighted by molar-refractivity contribution is 7.90. The molecule has 0 aliphatic rings. The quantitative estimate of drug-likeness (QED) is 0.676. The molecule has 27 heavy (non-hydrogen) atoms. The van der Waals surface area contributed by atoms with Gasteiger partial charge in [0.2, 0.25) is 5.91 Å². The fourth-order valence-corrected chi connectivity index (χ4v) is 2.97. The summed E-state index contributed by atoms with van der Waals surface area (Å²) in [6.45, 7) is 0.526. The first-order chi connectivity index (χ1) is 12.7. The van der Waals surface area contributed by atoms with Crippen LogP contribution >= 0.6 is 0 Å². The van der Waals surface area contributed by atoms with Crippen LogP contribution in [0.3, 0.4) is 0 Å². The van der Waals surface area contributed by atoms with Gasteiger partial charge in [0.15, 0.2) is 0 Å². The molecule has 0 aliphatic carbocycles. The van der Waals surface area contributed by atoms with Crippen LogP contribution in [0.5, 0.6) is 5.75 Å². The van der Waals surface area contributed by atoms with Gasteiger partial charge in [-0.1, -0.05) is 24.3 Å². The van der Waals surface area contributed by atoms with Crippen LogP contribution < -0.4 is 15.8 Å². The van der Waals surface area contributed by atoms with E-state index in [0.29, 0.717) is 5.75 Å². The lowest BCUT2D eigenvalue weighted by molar-refractivity contribution is -0.122. The normalized spacial score (nSPS) is 12.4. The monoisotopic (exact) mass is 394 g/mol. The highest BCUT2D eigenvalue weighted by atomic mass is 32.2. The Bertz CT molecular complexity index is 870. The molecule has 6 nitrogen and oxygen atoms in total. The van der Waals surface area contributed by atoms with Gasteiger partial charge in [0.25, 0.3) is 0 Å². The van der Waals surface area contributed by atoms with Gasteiger partial charge < -0.3 is 15.8 Å². The Morgan fingerprint density at radius 3 is 2.52 bits per heavy atom. The number of amides is 1. The van der Waals surface area contributed by atoms with Gasteiger partial charge >= 0.3 is 0 Å². The minimum absolute atomic E-state index is 0.0809. The predicted octanol–water partition coefficient (Wildman–Crippen LogP) is 1.78. The lowest BCUT2D eigenvalue weighted by Gasteiger charge is -2.12. The van der Waals surface area contributed by atoms with Crippen molar-refractivity contribution in [2.45, 2.75) is 25.6 Å². The number of ether oxygens (including phenoxy) is 1. The van der Waals surface area contributed by atoms with E-state index in [0.717, 1.165) is 17.4 Å². The van der Waals surface area contributed by atoms with Crippen molar-refractivity contribution in [3.05, 3.63) is 65.5 Å². The Hall–Kier alpha value is -2.45. The molecule has 146 valence electrons. The summed E-state index contributed by atoms with van der Waals surface area (Å²) in [5.41, 5.74) is 7.27. The maximum Gasteiger partial charge on any atom is 0.237 e. The molecule has 0 aromatic heterocycles. The summed E-state index contributed by atoms with van der Waals surface area (Å²) in [5, 5.41) is 2.68. The second kappa shape index (κ2) is 9.48. The summed E-state index contributed by atoms with van der Waals surface area (Å²) < 4.78 is 41.0. The first kappa shape index (κ1) is 20.9. The van der Waals surface area contributed by atoms with Crippen molar-refractivity contribution in [2.75, 3.05) is 12.0 Å². The van der Waals surface area contributed by atoms with Crippen LogP contribution in [-0.4, -0.2) is 32.4 Å². The van der Waals surface area contributed by atoms with Crippen molar-refractivity contribution in [3.8, 4) is 5.75 Å². The van der Waals surface area contributed by atoms with Crippen molar-refractivity contribution < 1.29 is 22.3 Å². The van der Waals surface area contributed by atoms with E-state index in [2.05, 4.69) is 5.32 Å². The van der Waals surface area contributed by atoms with Gasteiger partial charge in [0, 0.05) is 12.8 Å². The fraction of sp³-hybridized carbons (Fsp3) is 0.316. The number of carbonyl (C=O) groups excluding carboxylic acids is 1. The van der Waals surface area contributed by atoms with E-state index in [9.17, 15) is 17.6 Å². The van der Waals surface area contributed by atoms with Crippen molar-refractivity contribution in [1.29, 1.82) is 0 Å². The molecule has 0 heterocycles. The van der Waals surface area contributed by atoms with E-state index in [1.807, 2.05) is 0 Å². The number of benzene rings is 2. The number of rotatable bonds is 9. The minimum Gasteiger partial charge on any atom is -0.489 e. The molecule has 0 saturated carbocycles. The van der Waals surface area contributed by atoms with Crippen LogP contribution in [-0.2, 0) is 27.8 Å². The molecule has 0 fully saturated rings. The number of sulfone groups is 1. The van der Waals surface area contributed by atoms with Gasteiger partial charge in [0.1, 0.15) is 28.0 Å². The number of hydrogen-bond acceptors (Lipinski definition) is 5. The SMILES string of the molecule is CS(=O)(=O)CCC(N)C(=O)NCc1ccc(OCc2cccc(F)c2)cc1. The predicted molar refractivity (Wildman–Crippen MR) is 101 cm³/mol. The number of nitrogens with two attached hydrogens (primary N) is 1. The molecule has 2 aromatic rings. The zero-order valence-corrected chi connectivity index (χ0v) is 15.8. The fourth-order valence-electron chi connectivity index (χ4n) is 2.29.